The van der Waals surface area contributed by atoms with Gasteiger partial charge in [0.25, 0.3) is 5.95 Å². The van der Waals surface area contributed by atoms with Crippen LogP contribution >= 0.6 is 22.9 Å². The third-order valence-electron chi connectivity index (χ3n) is 6.92. The second-order valence-electron chi connectivity index (χ2n) is 8.73. The van der Waals surface area contributed by atoms with Gasteiger partial charge in [-0.05, 0) is 25.5 Å². The van der Waals surface area contributed by atoms with Gasteiger partial charge < -0.3 is 25.4 Å². The van der Waals surface area contributed by atoms with E-state index in [1.54, 1.807) is 23.2 Å². The number of nitrogens with one attached hydrogen (secondary N) is 2. The van der Waals surface area contributed by atoms with E-state index in [2.05, 4.69) is 30.9 Å². The van der Waals surface area contributed by atoms with Crippen molar-refractivity contribution in [3.8, 4) is 16.5 Å². The van der Waals surface area contributed by atoms with Crippen molar-refractivity contribution < 1.29 is 15.0 Å². The van der Waals surface area contributed by atoms with E-state index in [0.29, 0.717) is 40.0 Å². The normalized spacial score (nSPS) is 27.2. The first kappa shape index (κ1) is 22.3. The average molecular weight is 516 g/mol. The Morgan fingerprint density at radius 2 is 2.17 bits per heavy atom. The number of rotatable bonds is 6. The highest BCUT2D eigenvalue weighted by Crippen LogP contribution is 2.67. The number of nitrogens with zero attached hydrogens (tertiary/aromatic N) is 7. The minimum absolute atomic E-state index is 0.243. The van der Waals surface area contributed by atoms with Gasteiger partial charge in [0.15, 0.2) is 17.0 Å². The first-order valence-corrected chi connectivity index (χ1v) is 12.3. The van der Waals surface area contributed by atoms with Gasteiger partial charge in [0.05, 0.1) is 39.3 Å². The van der Waals surface area contributed by atoms with Crippen molar-refractivity contribution in [2.45, 2.75) is 31.6 Å². The maximum Gasteiger partial charge on any atom is 0.256 e. The summed E-state index contributed by atoms with van der Waals surface area (Å²) < 4.78 is 3.84. The Morgan fingerprint density at radius 3 is 2.89 bits per heavy atom. The average Bonchev–Trinajstić information content (AvgIpc) is 3.26. The molecule has 0 aliphatic heterocycles. The Balaban J connectivity index is 1.44. The number of fused-ring (bicyclic) bond motifs is 2. The number of thiophene rings is 1. The molecule has 4 N–H and O–H groups in total. The van der Waals surface area contributed by atoms with E-state index >= 15 is 0 Å². The highest BCUT2D eigenvalue weighted by atomic mass is 35.5. The fourth-order valence-corrected chi connectivity index (χ4v) is 6.22. The van der Waals surface area contributed by atoms with Gasteiger partial charge in [-0.3, -0.25) is 4.79 Å². The fourth-order valence-electron chi connectivity index (χ4n) is 5.23. The van der Waals surface area contributed by atoms with Crippen LogP contribution in [0.4, 0.5) is 5.82 Å². The van der Waals surface area contributed by atoms with Crippen LogP contribution < -0.4 is 10.6 Å². The lowest BCUT2D eigenvalue weighted by molar-refractivity contribution is -0.132. The number of hydrogen-bond acceptors (Lipinski definition) is 10. The van der Waals surface area contributed by atoms with Gasteiger partial charge in [0.2, 0.25) is 5.91 Å². The summed E-state index contributed by atoms with van der Waals surface area (Å²) in [6, 6.07) is 3.10. The van der Waals surface area contributed by atoms with Gasteiger partial charge in [0.1, 0.15) is 11.8 Å². The predicted molar refractivity (Wildman–Crippen MR) is 128 cm³/mol. The van der Waals surface area contributed by atoms with Crippen molar-refractivity contribution in [2.75, 3.05) is 18.9 Å². The molecule has 2 aliphatic carbocycles. The zero-order chi connectivity index (χ0) is 24.5. The first-order chi connectivity index (χ1) is 16.9. The lowest BCUT2D eigenvalue weighted by atomic mass is 9.98. The number of aromatic nitrogens is 7. The molecule has 2 fully saturated rings. The number of aliphatic hydroxyl groups excluding tert-OH is 2. The van der Waals surface area contributed by atoms with Gasteiger partial charge in [-0.15, -0.1) is 16.4 Å². The molecule has 0 saturated heterocycles. The van der Waals surface area contributed by atoms with Crippen LogP contribution in [0.25, 0.3) is 27.7 Å². The van der Waals surface area contributed by atoms with Gasteiger partial charge >= 0.3 is 0 Å². The number of aliphatic hydroxyl groups is 2. The van der Waals surface area contributed by atoms with E-state index in [9.17, 15) is 15.0 Å². The van der Waals surface area contributed by atoms with E-state index in [-0.39, 0.29) is 17.8 Å². The van der Waals surface area contributed by atoms with Crippen LogP contribution in [0.2, 0.25) is 4.34 Å². The molecule has 1 amide bonds. The van der Waals surface area contributed by atoms with Crippen molar-refractivity contribution in [3.05, 3.63) is 29.0 Å². The fraction of sp³-hybridized carbons (Fsp3) is 0.429. The Morgan fingerprint density at radius 1 is 1.34 bits per heavy atom. The van der Waals surface area contributed by atoms with E-state index < -0.39 is 23.7 Å². The van der Waals surface area contributed by atoms with E-state index in [1.165, 1.54) is 23.1 Å². The Labute approximate surface area is 208 Å². The molecule has 5 atom stereocenters. The molecule has 4 heterocycles. The molecule has 0 radical (unpaired) electrons. The number of hydrogen-bond donors (Lipinski definition) is 4. The summed E-state index contributed by atoms with van der Waals surface area (Å²) in [5.74, 6) is 0.253. The van der Waals surface area contributed by atoms with Gasteiger partial charge in [-0.2, -0.15) is 14.6 Å². The SMILES string of the molecule is CCNc1nc(-n2cc(-c3ccc(Cl)s3)nn2)nc2c1ncn2[C@H]1C(O)[C@H](O)[C@@]2(C(=O)NC)CC12. The molecule has 35 heavy (non-hydrogen) atoms. The summed E-state index contributed by atoms with van der Waals surface area (Å²) in [6.45, 7) is 2.54. The van der Waals surface area contributed by atoms with Crippen molar-refractivity contribution in [2.24, 2.45) is 11.3 Å². The van der Waals surface area contributed by atoms with Crippen LogP contribution in [0, 0.1) is 11.3 Å². The number of anilines is 1. The second-order valence-corrected chi connectivity index (χ2v) is 10.4. The van der Waals surface area contributed by atoms with Crippen LogP contribution in [-0.4, -0.2) is 76.4 Å². The molecular weight excluding hydrogens is 494 g/mol. The molecule has 6 rings (SSSR count). The largest absolute Gasteiger partial charge is 0.389 e. The number of halogens is 1. The summed E-state index contributed by atoms with van der Waals surface area (Å²) in [6.07, 6.45) is 1.43. The molecule has 2 aliphatic rings. The summed E-state index contributed by atoms with van der Waals surface area (Å²) >= 11 is 7.45. The molecule has 4 aromatic heterocycles. The number of carbonyl (C=O) groups is 1. The summed E-state index contributed by atoms with van der Waals surface area (Å²) in [5.41, 5.74) is 0.601. The molecule has 182 valence electrons. The first-order valence-electron chi connectivity index (χ1n) is 11.1. The number of amides is 1. The van der Waals surface area contributed by atoms with Crippen molar-refractivity contribution >= 4 is 45.8 Å². The zero-order valence-electron chi connectivity index (χ0n) is 18.8. The summed E-state index contributed by atoms with van der Waals surface area (Å²) in [5, 5.41) is 35.9. The number of carbonyl (C=O) groups excluding carboxylic acids is 1. The second kappa shape index (κ2) is 7.95. The highest BCUT2D eigenvalue weighted by Gasteiger charge is 2.75. The number of imidazole rings is 1. The highest BCUT2D eigenvalue weighted by molar-refractivity contribution is 7.19. The molecule has 2 saturated carbocycles. The summed E-state index contributed by atoms with van der Waals surface area (Å²) in [4.78, 5) is 27.2. The van der Waals surface area contributed by atoms with E-state index in [4.69, 9.17) is 16.6 Å². The molecule has 0 bridgehead atoms. The lowest BCUT2D eigenvalue weighted by Crippen LogP contribution is -2.41. The third-order valence-corrected chi connectivity index (χ3v) is 8.18. The van der Waals surface area contributed by atoms with Crippen molar-refractivity contribution in [1.82, 2.24) is 39.8 Å². The van der Waals surface area contributed by atoms with E-state index in [0.717, 1.165) is 4.88 Å². The quantitative estimate of drug-likeness (QED) is 0.297. The molecule has 0 aromatic carbocycles. The molecule has 14 heteroatoms. The maximum absolute atomic E-state index is 12.5. The standard InChI is InChI=1S/C21H22ClN9O3S/c1-3-24-17-13-18(27-20(26-17)31-7-10(28-29-31)11-4-5-12(22)35-11)30(8-25-13)14-9-6-21(9,19(34)23-2)16(33)15(14)32/h4-5,7-9,14-16,32-33H,3,6H2,1-2H3,(H,23,34)(H,24,26,27)/t9?,14-,15?,16+,21-/m1/s1. The van der Waals surface area contributed by atoms with Crippen molar-refractivity contribution in [3.63, 3.8) is 0 Å². The topological polar surface area (TPSA) is 156 Å². The van der Waals surface area contributed by atoms with Crippen LogP contribution in [0.15, 0.2) is 24.7 Å². The zero-order valence-corrected chi connectivity index (χ0v) is 20.3. The van der Waals surface area contributed by atoms with Gasteiger partial charge in [-0.25, -0.2) is 4.98 Å². The third kappa shape index (κ3) is 3.19. The van der Waals surface area contributed by atoms with Crippen LogP contribution in [-0.2, 0) is 4.79 Å². The Bertz CT molecular complexity index is 1450. The van der Waals surface area contributed by atoms with E-state index in [1.807, 2.05) is 13.0 Å². The monoisotopic (exact) mass is 515 g/mol. The van der Waals surface area contributed by atoms with Crippen LogP contribution in [0.1, 0.15) is 19.4 Å². The molecular formula is C21H22ClN9O3S. The Hall–Kier alpha value is -3.13. The van der Waals surface area contributed by atoms with Gasteiger partial charge in [0, 0.05) is 19.5 Å². The summed E-state index contributed by atoms with van der Waals surface area (Å²) in [7, 11) is 1.53. The molecule has 4 aromatic rings. The van der Waals surface area contributed by atoms with Crippen molar-refractivity contribution in [1.29, 1.82) is 0 Å². The predicted octanol–water partition coefficient (Wildman–Crippen LogP) is 1.25. The molecule has 0 spiro atoms. The minimum atomic E-state index is -1.18. The van der Waals surface area contributed by atoms with Gasteiger partial charge in [-0.1, -0.05) is 16.8 Å². The lowest BCUT2D eigenvalue weighted by Gasteiger charge is -2.23. The minimum Gasteiger partial charge on any atom is -0.389 e. The van der Waals surface area contributed by atoms with Crippen LogP contribution in [0.3, 0.4) is 0 Å². The van der Waals surface area contributed by atoms with Crippen LogP contribution in [0.5, 0.6) is 0 Å². The Kier molecular flexibility index (Phi) is 5.07. The molecule has 12 nitrogen and oxygen atoms in total. The maximum atomic E-state index is 12.5. The molecule has 2 unspecified atom stereocenters. The smallest absolute Gasteiger partial charge is 0.256 e.